The number of halogens is 3. The molecule has 0 radical (unpaired) electrons. The molecule has 0 saturated carbocycles. The van der Waals surface area contributed by atoms with E-state index >= 15 is 0 Å². The Morgan fingerprint density at radius 2 is 2.27 bits per heavy atom. The van der Waals surface area contributed by atoms with E-state index in [4.69, 9.17) is 22.6 Å². The fourth-order valence-corrected chi connectivity index (χ4v) is 1.46. The molecule has 6 heteroatoms. The highest BCUT2D eigenvalue weighted by molar-refractivity contribution is 6.30. The van der Waals surface area contributed by atoms with Crippen LogP contribution in [0.25, 0.3) is 0 Å². The summed E-state index contributed by atoms with van der Waals surface area (Å²) < 4.78 is 24.7. The summed E-state index contributed by atoms with van der Waals surface area (Å²) in [6, 6.07) is 3.06. The van der Waals surface area contributed by atoms with Crippen LogP contribution >= 0.6 is 11.6 Å². The standard InChI is InChI=1S/C9H8ClF2N3/c10-8-6(1-2-13)5(4-14)3-7(15-8)9(11)12/h3,9H,1,4,14H2. The molecule has 0 aromatic carbocycles. The minimum Gasteiger partial charge on any atom is -0.326 e. The molecule has 3 nitrogen and oxygen atoms in total. The van der Waals surface area contributed by atoms with Gasteiger partial charge in [-0.15, -0.1) is 0 Å². The lowest BCUT2D eigenvalue weighted by atomic mass is 10.1. The van der Waals surface area contributed by atoms with Gasteiger partial charge in [0.15, 0.2) is 0 Å². The van der Waals surface area contributed by atoms with Gasteiger partial charge in [-0.3, -0.25) is 0 Å². The summed E-state index contributed by atoms with van der Waals surface area (Å²) in [5.41, 5.74) is 5.82. The molecule has 0 saturated heterocycles. The van der Waals surface area contributed by atoms with Crippen molar-refractivity contribution in [1.82, 2.24) is 4.98 Å². The van der Waals surface area contributed by atoms with Crippen molar-refractivity contribution in [2.45, 2.75) is 19.4 Å². The van der Waals surface area contributed by atoms with Crippen molar-refractivity contribution in [2.75, 3.05) is 0 Å². The highest BCUT2D eigenvalue weighted by atomic mass is 35.5. The van der Waals surface area contributed by atoms with Crippen LogP contribution in [0.1, 0.15) is 23.2 Å². The van der Waals surface area contributed by atoms with Gasteiger partial charge in [0.2, 0.25) is 0 Å². The first-order chi connectivity index (χ1) is 7.10. The number of hydrogen-bond donors (Lipinski definition) is 1. The van der Waals surface area contributed by atoms with Gasteiger partial charge in [0, 0.05) is 12.1 Å². The Morgan fingerprint density at radius 1 is 1.60 bits per heavy atom. The highest BCUT2D eigenvalue weighted by Crippen LogP contribution is 2.25. The summed E-state index contributed by atoms with van der Waals surface area (Å²) in [5, 5.41) is 8.44. The van der Waals surface area contributed by atoms with Gasteiger partial charge < -0.3 is 5.73 Å². The Hall–Kier alpha value is -1.25. The van der Waals surface area contributed by atoms with E-state index in [1.807, 2.05) is 6.07 Å². The fraction of sp³-hybridized carbons (Fsp3) is 0.333. The highest BCUT2D eigenvalue weighted by Gasteiger charge is 2.15. The van der Waals surface area contributed by atoms with Crippen molar-refractivity contribution >= 4 is 11.6 Å². The van der Waals surface area contributed by atoms with Gasteiger partial charge in [0.05, 0.1) is 12.5 Å². The Kier molecular flexibility index (Phi) is 3.95. The number of nitriles is 1. The predicted molar refractivity (Wildman–Crippen MR) is 51.4 cm³/mol. The number of alkyl halides is 2. The van der Waals surface area contributed by atoms with Crippen molar-refractivity contribution in [1.29, 1.82) is 5.26 Å². The van der Waals surface area contributed by atoms with Crippen molar-refractivity contribution < 1.29 is 8.78 Å². The molecule has 0 bridgehead atoms. The Labute approximate surface area is 90.5 Å². The number of aromatic nitrogens is 1. The van der Waals surface area contributed by atoms with Crippen molar-refractivity contribution in [3.8, 4) is 6.07 Å². The molecular formula is C9H8ClF2N3. The van der Waals surface area contributed by atoms with Gasteiger partial charge in [-0.1, -0.05) is 11.6 Å². The zero-order chi connectivity index (χ0) is 11.4. The van der Waals surface area contributed by atoms with Crippen molar-refractivity contribution in [2.24, 2.45) is 5.73 Å². The molecule has 0 atom stereocenters. The van der Waals surface area contributed by atoms with Crippen LogP contribution in [0.3, 0.4) is 0 Å². The third-order valence-electron chi connectivity index (χ3n) is 1.89. The first-order valence-electron chi connectivity index (χ1n) is 4.13. The number of rotatable bonds is 3. The van der Waals surface area contributed by atoms with E-state index in [9.17, 15) is 8.78 Å². The number of nitrogens with zero attached hydrogens (tertiary/aromatic N) is 2. The summed E-state index contributed by atoms with van der Waals surface area (Å²) in [4.78, 5) is 3.51. The van der Waals surface area contributed by atoms with Crippen LogP contribution in [0.5, 0.6) is 0 Å². The SMILES string of the molecule is N#CCc1c(CN)cc(C(F)F)nc1Cl. The molecule has 1 heterocycles. The molecule has 0 unspecified atom stereocenters. The van der Waals surface area contributed by atoms with Crippen LogP contribution < -0.4 is 5.73 Å². The summed E-state index contributed by atoms with van der Waals surface area (Å²) in [6.45, 7) is 0.0545. The zero-order valence-electron chi connectivity index (χ0n) is 7.67. The predicted octanol–water partition coefficient (Wildman–Crippen LogP) is 2.20. The van der Waals surface area contributed by atoms with E-state index in [2.05, 4.69) is 4.98 Å². The Bertz CT molecular complexity index is 401. The second-order valence-electron chi connectivity index (χ2n) is 2.82. The molecule has 0 aliphatic heterocycles. The summed E-state index contributed by atoms with van der Waals surface area (Å²) >= 11 is 5.69. The normalized spacial score (nSPS) is 10.4. The average molecular weight is 232 g/mol. The third-order valence-corrected chi connectivity index (χ3v) is 2.20. The topological polar surface area (TPSA) is 62.7 Å². The monoisotopic (exact) mass is 231 g/mol. The van der Waals surface area contributed by atoms with Crippen LogP contribution in [0, 0.1) is 11.3 Å². The molecule has 80 valence electrons. The largest absolute Gasteiger partial charge is 0.326 e. The molecular weight excluding hydrogens is 224 g/mol. The smallest absolute Gasteiger partial charge is 0.280 e. The van der Waals surface area contributed by atoms with E-state index in [0.717, 1.165) is 0 Å². The van der Waals surface area contributed by atoms with Crippen LogP contribution in [-0.2, 0) is 13.0 Å². The molecule has 0 aliphatic rings. The second kappa shape index (κ2) is 5.01. The van der Waals surface area contributed by atoms with Gasteiger partial charge in [0.25, 0.3) is 6.43 Å². The van der Waals surface area contributed by atoms with Gasteiger partial charge in [-0.2, -0.15) is 5.26 Å². The summed E-state index contributed by atoms with van der Waals surface area (Å²) in [7, 11) is 0. The van der Waals surface area contributed by atoms with Gasteiger partial charge >= 0.3 is 0 Å². The lowest BCUT2D eigenvalue weighted by molar-refractivity contribution is 0.146. The summed E-state index contributed by atoms with van der Waals surface area (Å²) in [6.07, 6.45) is -2.68. The van der Waals surface area contributed by atoms with Gasteiger partial charge in [-0.05, 0) is 11.6 Å². The Morgan fingerprint density at radius 3 is 2.73 bits per heavy atom. The quantitative estimate of drug-likeness (QED) is 0.811. The first kappa shape index (κ1) is 11.8. The molecule has 0 aliphatic carbocycles. The molecule has 1 rings (SSSR count). The fourth-order valence-electron chi connectivity index (χ4n) is 1.17. The number of nitrogens with two attached hydrogens (primary N) is 1. The van der Waals surface area contributed by atoms with Crippen LogP contribution in [0.2, 0.25) is 5.15 Å². The van der Waals surface area contributed by atoms with E-state index in [1.54, 1.807) is 0 Å². The summed E-state index contributed by atoms with van der Waals surface area (Å²) in [5.74, 6) is 0. The van der Waals surface area contributed by atoms with Crippen LogP contribution in [-0.4, -0.2) is 4.98 Å². The molecule has 1 aromatic rings. The van der Waals surface area contributed by atoms with E-state index < -0.39 is 12.1 Å². The van der Waals surface area contributed by atoms with Crippen LogP contribution in [0.4, 0.5) is 8.78 Å². The lowest BCUT2D eigenvalue weighted by Gasteiger charge is -2.08. The van der Waals surface area contributed by atoms with Crippen molar-refractivity contribution in [3.63, 3.8) is 0 Å². The lowest BCUT2D eigenvalue weighted by Crippen LogP contribution is -2.06. The molecule has 2 N–H and O–H groups in total. The maximum Gasteiger partial charge on any atom is 0.280 e. The maximum atomic E-state index is 12.4. The molecule has 0 amide bonds. The third kappa shape index (κ3) is 2.61. The van der Waals surface area contributed by atoms with Gasteiger partial charge in [-0.25, -0.2) is 13.8 Å². The average Bonchev–Trinajstić information content (AvgIpc) is 2.20. The molecule has 15 heavy (non-hydrogen) atoms. The molecule has 1 aromatic heterocycles. The van der Waals surface area contributed by atoms with E-state index in [-0.39, 0.29) is 18.1 Å². The maximum absolute atomic E-state index is 12.4. The zero-order valence-corrected chi connectivity index (χ0v) is 8.43. The Balaban J connectivity index is 3.25. The van der Waals surface area contributed by atoms with Gasteiger partial charge in [0.1, 0.15) is 10.8 Å². The van der Waals surface area contributed by atoms with E-state index in [0.29, 0.717) is 11.1 Å². The van der Waals surface area contributed by atoms with Crippen molar-refractivity contribution in [3.05, 3.63) is 28.0 Å². The molecule has 0 fully saturated rings. The minimum atomic E-state index is -2.69. The number of pyridine rings is 1. The first-order valence-corrected chi connectivity index (χ1v) is 4.51. The van der Waals surface area contributed by atoms with E-state index in [1.165, 1.54) is 6.07 Å². The molecule has 0 spiro atoms. The number of hydrogen-bond acceptors (Lipinski definition) is 3. The minimum absolute atomic E-state index is 0.0158. The second-order valence-corrected chi connectivity index (χ2v) is 3.17. The van der Waals surface area contributed by atoms with Crippen LogP contribution in [0.15, 0.2) is 6.07 Å².